The summed E-state index contributed by atoms with van der Waals surface area (Å²) >= 11 is 0. The van der Waals surface area contributed by atoms with E-state index >= 15 is 0 Å². The van der Waals surface area contributed by atoms with Gasteiger partial charge in [0.05, 0.1) is 0 Å². The Labute approximate surface area is 90.5 Å². The van der Waals surface area contributed by atoms with Gasteiger partial charge in [0.25, 0.3) is 0 Å². The van der Waals surface area contributed by atoms with Crippen molar-refractivity contribution in [1.29, 1.82) is 0 Å². The van der Waals surface area contributed by atoms with Crippen LogP contribution in [0.3, 0.4) is 0 Å². The van der Waals surface area contributed by atoms with Crippen LogP contribution in [-0.4, -0.2) is 36.5 Å². The summed E-state index contributed by atoms with van der Waals surface area (Å²) in [5.41, 5.74) is 0. The lowest BCUT2D eigenvalue weighted by Gasteiger charge is -2.14. The Hall–Kier alpha value is -1.24. The zero-order valence-electron chi connectivity index (χ0n) is 8.42. The molecule has 92 valence electrons. The maximum atomic E-state index is 11.8. The molecule has 1 aliphatic carbocycles. The van der Waals surface area contributed by atoms with Gasteiger partial charge >= 0.3 is 12.2 Å². The molecule has 2 amide bonds. The van der Waals surface area contributed by atoms with Gasteiger partial charge in [-0.2, -0.15) is 13.2 Å². The molecule has 3 N–H and O–H groups in total. The van der Waals surface area contributed by atoms with Crippen LogP contribution in [0.1, 0.15) is 6.42 Å². The Morgan fingerprint density at radius 1 is 1.44 bits per heavy atom. The van der Waals surface area contributed by atoms with E-state index in [1.54, 1.807) is 17.5 Å². The SMILES string of the molecule is O=C(NCC(F)(F)F)N[C@@H]1C=C[C@H](CO)C1. The lowest BCUT2D eigenvalue weighted by atomic mass is 10.1. The van der Waals surface area contributed by atoms with Crippen LogP contribution in [0.2, 0.25) is 0 Å². The van der Waals surface area contributed by atoms with Crippen molar-refractivity contribution in [2.45, 2.75) is 18.6 Å². The second kappa shape index (κ2) is 5.20. The van der Waals surface area contributed by atoms with E-state index in [1.165, 1.54) is 0 Å². The number of aliphatic hydroxyl groups is 1. The molecule has 0 aromatic heterocycles. The Morgan fingerprint density at radius 3 is 2.62 bits per heavy atom. The molecule has 1 aliphatic rings. The number of halogens is 3. The number of hydrogen-bond donors (Lipinski definition) is 3. The van der Waals surface area contributed by atoms with Gasteiger partial charge in [-0.25, -0.2) is 4.79 Å². The molecule has 0 bridgehead atoms. The highest BCUT2D eigenvalue weighted by Crippen LogP contribution is 2.17. The smallest absolute Gasteiger partial charge is 0.396 e. The van der Waals surface area contributed by atoms with Gasteiger partial charge in [0, 0.05) is 18.6 Å². The maximum absolute atomic E-state index is 11.8. The molecule has 0 heterocycles. The Balaban J connectivity index is 2.23. The summed E-state index contributed by atoms with van der Waals surface area (Å²) in [6.45, 7) is -1.38. The van der Waals surface area contributed by atoms with Crippen LogP contribution in [0.5, 0.6) is 0 Å². The molecule has 7 heteroatoms. The molecule has 0 aromatic rings. The fourth-order valence-corrected chi connectivity index (χ4v) is 1.42. The largest absolute Gasteiger partial charge is 0.405 e. The van der Waals surface area contributed by atoms with Gasteiger partial charge in [-0.05, 0) is 6.42 Å². The van der Waals surface area contributed by atoms with Gasteiger partial charge in [0.1, 0.15) is 6.54 Å². The van der Waals surface area contributed by atoms with Crippen LogP contribution in [-0.2, 0) is 0 Å². The minimum Gasteiger partial charge on any atom is -0.396 e. The summed E-state index contributed by atoms with van der Waals surface area (Å²) in [4.78, 5) is 11.0. The molecular formula is C9H13F3N2O2. The van der Waals surface area contributed by atoms with Crippen molar-refractivity contribution in [3.05, 3.63) is 12.2 Å². The van der Waals surface area contributed by atoms with E-state index in [9.17, 15) is 18.0 Å². The van der Waals surface area contributed by atoms with E-state index in [0.29, 0.717) is 6.42 Å². The van der Waals surface area contributed by atoms with Crippen LogP contribution in [0.4, 0.5) is 18.0 Å². The third-order valence-electron chi connectivity index (χ3n) is 2.17. The molecule has 1 rings (SSSR count). The molecule has 0 radical (unpaired) electrons. The zero-order chi connectivity index (χ0) is 12.2. The van der Waals surface area contributed by atoms with Crippen molar-refractivity contribution in [2.75, 3.05) is 13.2 Å². The molecule has 16 heavy (non-hydrogen) atoms. The predicted octanol–water partition coefficient (Wildman–Crippen LogP) is 0.785. The number of carbonyl (C=O) groups excluding carboxylic acids is 1. The number of urea groups is 1. The fourth-order valence-electron chi connectivity index (χ4n) is 1.42. The number of carbonyl (C=O) groups is 1. The highest BCUT2D eigenvalue weighted by molar-refractivity contribution is 5.74. The molecule has 2 atom stereocenters. The van der Waals surface area contributed by atoms with E-state index in [4.69, 9.17) is 5.11 Å². The van der Waals surface area contributed by atoms with Crippen LogP contribution in [0, 0.1) is 5.92 Å². The Kier molecular flexibility index (Phi) is 4.17. The van der Waals surface area contributed by atoms with Gasteiger partial charge in [0.2, 0.25) is 0 Å². The number of hydrogen-bond acceptors (Lipinski definition) is 2. The van der Waals surface area contributed by atoms with E-state index in [1.807, 2.05) is 0 Å². The lowest BCUT2D eigenvalue weighted by molar-refractivity contribution is -0.122. The third kappa shape index (κ3) is 4.52. The van der Waals surface area contributed by atoms with Gasteiger partial charge in [-0.15, -0.1) is 0 Å². The van der Waals surface area contributed by atoms with Crippen LogP contribution >= 0.6 is 0 Å². The van der Waals surface area contributed by atoms with Crippen LogP contribution in [0.25, 0.3) is 0 Å². The first kappa shape index (κ1) is 12.8. The summed E-state index contributed by atoms with van der Waals surface area (Å²) in [6, 6.07) is -1.17. The first-order valence-electron chi connectivity index (χ1n) is 4.81. The number of nitrogens with one attached hydrogen (secondary N) is 2. The Morgan fingerprint density at radius 2 is 2.12 bits per heavy atom. The normalized spacial score (nSPS) is 24.5. The van der Waals surface area contributed by atoms with Crippen LogP contribution < -0.4 is 10.6 Å². The zero-order valence-corrected chi connectivity index (χ0v) is 8.42. The molecule has 4 nitrogen and oxygen atoms in total. The minimum atomic E-state index is -4.41. The predicted molar refractivity (Wildman–Crippen MR) is 50.7 cm³/mol. The van der Waals surface area contributed by atoms with Crippen molar-refractivity contribution >= 4 is 6.03 Å². The summed E-state index contributed by atoms with van der Waals surface area (Å²) in [5, 5.41) is 12.9. The molecule has 0 aromatic carbocycles. The van der Waals surface area contributed by atoms with E-state index in [-0.39, 0.29) is 18.6 Å². The molecule has 0 fully saturated rings. The first-order valence-corrected chi connectivity index (χ1v) is 4.81. The van der Waals surface area contributed by atoms with Gasteiger partial charge < -0.3 is 15.7 Å². The van der Waals surface area contributed by atoms with Gasteiger partial charge in [-0.3, -0.25) is 0 Å². The average Bonchev–Trinajstić information content (AvgIpc) is 2.61. The monoisotopic (exact) mass is 238 g/mol. The third-order valence-corrected chi connectivity index (χ3v) is 2.17. The van der Waals surface area contributed by atoms with Crippen LogP contribution in [0.15, 0.2) is 12.2 Å². The number of amides is 2. The maximum Gasteiger partial charge on any atom is 0.405 e. The molecule has 0 unspecified atom stereocenters. The quantitative estimate of drug-likeness (QED) is 0.636. The number of aliphatic hydroxyl groups excluding tert-OH is 1. The molecule has 0 saturated heterocycles. The van der Waals surface area contributed by atoms with Crippen molar-refractivity contribution in [3.63, 3.8) is 0 Å². The summed E-state index contributed by atoms with van der Waals surface area (Å²) in [5.74, 6) is -0.0343. The fraction of sp³-hybridized carbons (Fsp3) is 0.667. The molecule has 0 aliphatic heterocycles. The summed E-state index contributed by atoms with van der Waals surface area (Å²) < 4.78 is 35.3. The van der Waals surface area contributed by atoms with Crippen molar-refractivity contribution in [2.24, 2.45) is 5.92 Å². The minimum absolute atomic E-state index is 0.0289. The van der Waals surface area contributed by atoms with Crippen molar-refractivity contribution in [3.8, 4) is 0 Å². The summed E-state index contributed by atoms with van der Waals surface area (Å²) in [6.07, 6.45) is -0.505. The Bertz CT molecular complexity index is 278. The molecular weight excluding hydrogens is 225 g/mol. The van der Waals surface area contributed by atoms with Crippen molar-refractivity contribution in [1.82, 2.24) is 10.6 Å². The van der Waals surface area contributed by atoms with Gasteiger partial charge in [-0.1, -0.05) is 12.2 Å². The second-order valence-corrected chi connectivity index (χ2v) is 3.61. The highest BCUT2D eigenvalue weighted by Gasteiger charge is 2.28. The molecule has 0 spiro atoms. The molecule has 0 saturated carbocycles. The van der Waals surface area contributed by atoms with E-state index < -0.39 is 18.8 Å². The number of rotatable bonds is 3. The lowest BCUT2D eigenvalue weighted by Crippen LogP contribution is -2.44. The summed E-state index contributed by atoms with van der Waals surface area (Å²) in [7, 11) is 0. The number of alkyl halides is 3. The van der Waals surface area contributed by atoms with E-state index in [0.717, 1.165) is 0 Å². The second-order valence-electron chi connectivity index (χ2n) is 3.61. The highest BCUT2D eigenvalue weighted by atomic mass is 19.4. The average molecular weight is 238 g/mol. The van der Waals surface area contributed by atoms with Crippen molar-refractivity contribution < 1.29 is 23.1 Å². The standard InChI is InChI=1S/C9H13F3N2O2/c10-9(11,12)5-13-8(16)14-7-2-1-6(3-7)4-15/h1-2,6-7,15H,3-5H2,(H2,13,14,16)/t6-,7+/m0/s1. The van der Waals surface area contributed by atoms with E-state index in [2.05, 4.69) is 5.32 Å². The van der Waals surface area contributed by atoms with Gasteiger partial charge in [0.15, 0.2) is 0 Å². The topological polar surface area (TPSA) is 61.4 Å². The first-order chi connectivity index (χ1) is 7.40.